The number of aromatic nitrogens is 1. The second-order valence-electron chi connectivity index (χ2n) is 4.55. The molecule has 23 heavy (non-hydrogen) atoms. The molecule has 0 aliphatic rings. The molecule has 0 aliphatic heterocycles. The first-order valence-electron chi connectivity index (χ1n) is 6.78. The summed E-state index contributed by atoms with van der Waals surface area (Å²) in [5.74, 6) is -1.19. The van der Waals surface area contributed by atoms with Gasteiger partial charge in [0.1, 0.15) is 15.7 Å². The number of nitrogens with zero attached hydrogens (tertiary/aromatic N) is 1. The first-order chi connectivity index (χ1) is 11.0. The van der Waals surface area contributed by atoms with Crippen LogP contribution in [0.1, 0.15) is 15.4 Å². The van der Waals surface area contributed by atoms with Gasteiger partial charge < -0.3 is 10.1 Å². The Morgan fingerprint density at radius 1 is 1.39 bits per heavy atom. The fourth-order valence-electron chi connectivity index (χ4n) is 1.81. The van der Waals surface area contributed by atoms with Crippen molar-refractivity contribution in [3.05, 3.63) is 52.8 Å². The maximum absolute atomic E-state index is 13.8. The van der Waals surface area contributed by atoms with E-state index >= 15 is 0 Å². The molecule has 0 bridgehead atoms. The summed E-state index contributed by atoms with van der Waals surface area (Å²) in [5.41, 5.74) is 0.896. The Balaban J connectivity index is 2.09. The summed E-state index contributed by atoms with van der Waals surface area (Å²) in [6.07, 6.45) is 2.71. The molecule has 2 rings (SSSR count). The zero-order valence-corrected chi connectivity index (χ0v) is 13.4. The van der Waals surface area contributed by atoms with E-state index in [1.807, 2.05) is 0 Å². The van der Waals surface area contributed by atoms with Gasteiger partial charge in [-0.15, -0.1) is 11.3 Å². The van der Waals surface area contributed by atoms with Crippen LogP contribution in [-0.4, -0.2) is 30.5 Å². The number of hydrogen-bond acceptors (Lipinski definition) is 5. The minimum Gasteiger partial charge on any atom is -0.466 e. The molecule has 1 aromatic carbocycles. The zero-order valence-electron chi connectivity index (χ0n) is 12.6. The van der Waals surface area contributed by atoms with Crippen LogP contribution in [0, 0.1) is 12.7 Å². The number of benzene rings is 1. The molecule has 5 nitrogen and oxygen atoms in total. The summed E-state index contributed by atoms with van der Waals surface area (Å²) in [6, 6.07) is 6.28. The Kier molecular flexibility index (Phi) is 5.59. The number of rotatable bonds is 5. The Bertz CT molecular complexity index is 756. The van der Waals surface area contributed by atoms with E-state index < -0.39 is 5.97 Å². The molecule has 1 N–H and O–H groups in total. The molecule has 0 radical (unpaired) electrons. The van der Waals surface area contributed by atoms with Crippen molar-refractivity contribution in [2.45, 2.75) is 6.92 Å². The minimum atomic E-state index is -0.491. The second kappa shape index (κ2) is 7.64. The molecule has 0 spiro atoms. The van der Waals surface area contributed by atoms with Gasteiger partial charge in [0.15, 0.2) is 0 Å². The molecule has 1 heterocycles. The number of amides is 1. The third-order valence-corrected chi connectivity index (χ3v) is 4.13. The van der Waals surface area contributed by atoms with Gasteiger partial charge in [-0.1, -0.05) is 18.2 Å². The largest absolute Gasteiger partial charge is 0.466 e. The first kappa shape index (κ1) is 16.8. The molecular formula is C16H15FN2O3S. The molecular weight excluding hydrogens is 319 g/mol. The van der Waals surface area contributed by atoms with Crippen molar-refractivity contribution in [3.63, 3.8) is 0 Å². The van der Waals surface area contributed by atoms with Crippen molar-refractivity contribution in [1.82, 2.24) is 10.3 Å². The van der Waals surface area contributed by atoms with Gasteiger partial charge in [-0.05, 0) is 19.1 Å². The van der Waals surface area contributed by atoms with E-state index in [0.29, 0.717) is 21.1 Å². The number of esters is 1. The van der Waals surface area contributed by atoms with Crippen molar-refractivity contribution < 1.29 is 18.7 Å². The number of methoxy groups -OCH3 is 1. The Morgan fingerprint density at radius 2 is 2.13 bits per heavy atom. The van der Waals surface area contributed by atoms with Gasteiger partial charge in [0.05, 0.1) is 12.8 Å². The van der Waals surface area contributed by atoms with E-state index in [2.05, 4.69) is 15.0 Å². The van der Waals surface area contributed by atoms with Gasteiger partial charge in [-0.3, -0.25) is 4.79 Å². The topological polar surface area (TPSA) is 68.3 Å². The maximum Gasteiger partial charge on any atom is 0.330 e. The van der Waals surface area contributed by atoms with Gasteiger partial charge in [0, 0.05) is 18.2 Å². The Labute approximate surface area is 136 Å². The standard InChI is InChI=1S/C16H15FN2O3S/c1-10-14(15(21)18-9-5-8-13(20)22-2)23-16(19-10)11-6-3-4-7-12(11)17/h3-8H,9H2,1-2H3,(H,18,21)/b8-5+. The van der Waals surface area contributed by atoms with Crippen LogP contribution in [0.5, 0.6) is 0 Å². The highest BCUT2D eigenvalue weighted by molar-refractivity contribution is 7.17. The average molecular weight is 334 g/mol. The number of thiazole rings is 1. The monoisotopic (exact) mass is 334 g/mol. The lowest BCUT2D eigenvalue weighted by Crippen LogP contribution is -2.23. The van der Waals surface area contributed by atoms with E-state index in [1.54, 1.807) is 25.1 Å². The number of halogens is 1. The van der Waals surface area contributed by atoms with Crippen molar-refractivity contribution in [1.29, 1.82) is 0 Å². The van der Waals surface area contributed by atoms with E-state index in [1.165, 1.54) is 25.3 Å². The van der Waals surface area contributed by atoms with Gasteiger partial charge >= 0.3 is 5.97 Å². The first-order valence-corrected chi connectivity index (χ1v) is 7.59. The van der Waals surface area contributed by atoms with Crippen molar-refractivity contribution in [3.8, 4) is 10.6 Å². The second-order valence-corrected chi connectivity index (χ2v) is 5.55. The van der Waals surface area contributed by atoms with E-state index in [-0.39, 0.29) is 18.3 Å². The molecule has 0 saturated carbocycles. The third-order valence-electron chi connectivity index (χ3n) is 2.94. The summed E-state index contributed by atoms with van der Waals surface area (Å²) >= 11 is 1.12. The fourth-order valence-corrected chi connectivity index (χ4v) is 2.82. The number of hydrogen-bond donors (Lipinski definition) is 1. The molecule has 2 aromatic rings. The van der Waals surface area contributed by atoms with Gasteiger partial charge in [0.25, 0.3) is 5.91 Å². The third kappa shape index (κ3) is 4.23. The normalized spacial score (nSPS) is 10.7. The Morgan fingerprint density at radius 3 is 2.83 bits per heavy atom. The highest BCUT2D eigenvalue weighted by atomic mass is 32.1. The van der Waals surface area contributed by atoms with Crippen molar-refractivity contribution in [2.24, 2.45) is 0 Å². The molecule has 120 valence electrons. The van der Waals surface area contributed by atoms with Crippen LogP contribution in [0.4, 0.5) is 4.39 Å². The summed E-state index contributed by atoms with van der Waals surface area (Å²) < 4.78 is 18.2. The smallest absolute Gasteiger partial charge is 0.330 e. The number of ether oxygens (including phenoxy) is 1. The lowest BCUT2D eigenvalue weighted by Gasteiger charge is -1.99. The van der Waals surface area contributed by atoms with Crippen LogP contribution in [0.25, 0.3) is 10.6 Å². The van der Waals surface area contributed by atoms with Crippen LogP contribution in [0.2, 0.25) is 0 Å². The molecule has 1 amide bonds. The molecule has 7 heteroatoms. The number of carbonyl (C=O) groups excluding carboxylic acids is 2. The Hall–Kier alpha value is -2.54. The van der Waals surface area contributed by atoms with Crippen LogP contribution >= 0.6 is 11.3 Å². The predicted octanol–water partition coefficient (Wildman–Crippen LogP) is 2.72. The van der Waals surface area contributed by atoms with Crippen molar-refractivity contribution >= 4 is 23.2 Å². The van der Waals surface area contributed by atoms with Crippen molar-refractivity contribution in [2.75, 3.05) is 13.7 Å². The molecule has 0 fully saturated rings. The van der Waals surface area contributed by atoms with E-state index in [0.717, 1.165) is 11.3 Å². The van der Waals surface area contributed by atoms with Gasteiger partial charge in [-0.2, -0.15) is 0 Å². The lowest BCUT2D eigenvalue weighted by molar-refractivity contribution is -0.134. The SMILES string of the molecule is COC(=O)/C=C/CNC(=O)c1sc(-c2ccccc2F)nc1C. The molecule has 0 saturated heterocycles. The van der Waals surface area contributed by atoms with Crippen LogP contribution in [0.3, 0.4) is 0 Å². The maximum atomic E-state index is 13.8. The van der Waals surface area contributed by atoms with Crippen LogP contribution in [-0.2, 0) is 9.53 Å². The van der Waals surface area contributed by atoms with Gasteiger partial charge in [-0.25, -0.2) is 14.2 Å². The van der Waals surface area contributed by atoms with E-state index in [4.69, 9.17) is 0 Å². The van der Waals surface area contributed by atoms with Crippen LogP contribution < -0.4 is 5.32 Å². The number of carbonyl (C=O) groups is 2. The predicted molar refractivity (Wildman–Crippen MR) is 85.7 cm³/mol. The average Bonchev–Trinajstić information content (AvgIpc) is 2.93. The summed E-state index contributed by atoms with van der Waals surface area (Å²) in [5, 5.41) is 3.10. The fraction of sp³-hybridized carbons (Fsp3) is 0.188. The number of aryl methyl sites for hydroxylation is 1. The van der Waals surface area contributed by atoms with Crippen LogP contribution in [0.15, 0.2) is 36.4 Å². The minimum absolute atomic E-state index is 0.181. The molecule has 0 atom stereocenters. The molecule has 0 aliphatic carbocycles. The molecule has 0 unspecified atom stereocenters. The highest BCUT2D eigenvalue weighted by Crippen LogP contribution is 2.29. The lowest BCUT2D eigenvalue weighted by atomic mass is 10.2. The summed E-state index contributed by atoms with van der Waals surface area (Å²) in [6.45, 7) is 1.88. The van der Waals surface area contributed by atoms with Gasteiger partial charge in [0.2, 0.25) is 0 Å². The summed E-state index contributed by atoms with van der Waals surface area (Å²) in [7, 11) is 1.27. The highest BCUT2D eigenvalue weighted by Gasteiger charge is 2.17. The number of nitrogens with one attached hydrogen (secondary N) is 1. The zero-order chi connectivity index (χ0) is 16.8. The summed E-state index contributed by atoms with van der Waals surface area (Å²) in [4.78, 5) is 27.7. The molecule has 1 aromatic heterocycles. The van der Waals surface area contributed by atoms with E-state index in [9.17, 15) is 14.0 Å². The quantitative estimate of drug-likeness (QED) is 0.674.